The first-order valence-corrected chi connectivity index (χ1v) is 6.71. The van der Waals surface area contributed by atoms with E-state index in [1.165, 1.54) is 0 Å². The van der Waals surface area contributed by atoms with Gasteiger partial charge in [-0.05, 0) is 17.7 Å². The predicted molar refractivity (Wildman–Crippen MR) is 82.3 cm³/mol. The Morgan fingerprint density at radius 3 is 2.59 bits per heavy atom. The van der Waals surface area contributed by atoms with E-state index in [1.807, 2.05) is 30.3 Å². The summed E-state index contributed by atoms with van der Waals surface area (Å²) in [5.74, 6) is -0.742. The molecule has 1 heterocycles. The molecule has 2 N–H and O–H groups in total. The minimum absolute atomic E-state index is 0.141. The molecule has 5 nitrogen and oxygen atoms in total. The Morgan fingerprint density at radius 2 is 1.86 bits per heavy atom. The van der Waals surface area contributed by atoms with E-state index < -0.39 is 5.97 Å². The molecule has 1 aromatic heterocycles. The molecule has 0 amide bonds. The van der Waals surface area contributed by atoms with E-state index in [1.54, 1.807) is 18.2 Å². The van der Waals surface area contributed by atoms with Crippen molar-refractivity contribution in [3.8, 4) is 5.75 Å². The van der Waals surface area contributed by atoms with E-state index in [9.17, 15) is 9.59 Å². The number of hydrogen-bond acceptors (Lipinski definition) is 3. The largest absolute Gasteiger partial charge is 0.488 e. The van der Waals surface area contributed by atoms with Gasteiger partial charge in [0.1, 0.15) is 18.1 Å². The number of ether oxygens (including phenoxy) is 1. The number of nitrogens with one attached hydrogen (secondary N) is 1. The van der Waals surface area contributed by atoms with E-state index in [4.69, 9.17) is 9.84 Å². The van der Waals surface area contributed by atoms with Crippen molar-refractivity contribution >= 4 is 16.9 Å². The van der Waals surface area contributed by atoms with Crippen LogP contribution in [0.4, 0.5) is 0 Å². The topological polar surface area (TPSA) is 79.4 Å². The van der Waals surface area contributed by atoms with Gasteiger partial charge in [-0.2, -0.15) is 0 Å². The Balaban J connectivity index is 2.00. The molecular weight excluding hydrogens is 282 g/mol. The Bertz CT molecular complexity index is 884. The van der Waals surface area contributed by atoms with Crippen LogP contribution in [-0.2, 0) is 6.61 Å². The highest BCUT2D eigenvalue weighted by molar-refractivity contribution is 5.91. The molecule has 5 heteroatoms. The van der Waals surface area contributed by atoms with E-state index in [0.717, 1.165) is 11.6 Å². The third kappa shape index (κ3) is 2.69. The van der Waals surface area contributed by atoms with Crippen molar-refractivity contribution in [1.29, 1.82) is 0 Å². The Morgan fingerprint density at radius 1 is 1.09 bits per heavy atom. The summed E-state index contributed by atoms with van der Waals surface area (Å²) in [5, 5.41) is 9.34. The maximum absolute atomic E-state index is 12.2. The van der Waals surface area contributed by atoms with Gasteiger partial charge < -0.3 is 14.8 Å². The number of aromatic nitrogens is 1. The van der Waals surface area contributed by atoms with E-state index in [-0.39, 0.29) is 11.1 Å². The number of carboxylic acids is 1. The first-order valence-electron chi connectivity index (χ1n) is 6.71. The number of aromatic amines is 1. The van der Waals surface area contributed by atoms with Gasteiger partial charge in [-0.15, -0.1) is 0 Å². The van der Waals surface area contributed by atoms with Crippen LogP contribution in [0, 0.1) is 0 Å². The number of benzene rings is 2. The molecule has 0 saturated heterocycles. The van der Waals surface area contributed by atoms with Crippen molar-refractivity contribution in [3.63, 3.8) is 0 Å². The van der Waals surface area contributed by atoms with Crippen LogP contribution in [0.15, 0.2) is 59.4 Å². The van der Waals surface area contributed by atoms with Crippen molar-refractivity contribution in [2.24, 2.45) is 0 Å². The molecule has 0 aliphatic carbocycles. The highest BCUT2D eigenvalue weighted by Gasteiger charge is 2.11. The average Bonchev–Trinajstić information content (AvgIpc) is 2.53. The van der Waals surface area contributed by atoms with Crippen LogP contribution in [0.25, 0.3) is 10.9 Å². The fraction of sp³-hybridized carbons (Fsp3) is 0.0588. The summed E-state index contributed by atoms with van der Waals surface area (Å²) in [6.07, 6.45) is 0. The van der Waals surface area contributed by atoms with Gasteiger partial charge in [0.25, 0.3) is 0 Å². The first-order chi connectivity index (χ1) is 10.6. The number of hydrogen-bond donors (Lipinski definition) is 2. The zero-order valence-electron chi connectivity index (χ0n) is 11.6. The summed E-state index contributed by atoms with van der Waals surface area (Å²) in [6.45, 7) is 0.333. The van der Waals surface area contributed by atoms with Crippen LogP contribution in [0.5, 0.6) is 5.75 Å². The molecule has 0 radical (unpaired) electrons. The molecular formula is C17H13NO4. The van der Waals surface area contributed by atoms with Gasteiger partial charge >= 0.3 is 5.97 Å². The monoisotopic (exact) mass is 295 g/mol. The lowest BCUT2D eigenvalue weighted by Crippen LogP contribution is -2.10. The van der Waals surface area contributed by atoms with Gasteiger partial charge in [-0.25, -0.2) is 4.79 Å². The van der Waals surface area contributed by atoms with Gasteiger partial charge in [0.05, 0.1) is 10.9 Å². The molecule has 3 rings (SSSR count). The third-order valence-corrected chi connectivity index (χ3v) is 3.28. The zero-order valence-corrected chi connectivity index (χ0v) is 11.6. The molecule has 110 valence electrons. The van der Waals surface area contributed by atoms with E-state index in [2.05, 4.69) is 4.98 Å². The summed E-state index contributed by atoms with van der Waals surface area (Å²) in [4.78, 5) is 25.9. The normalized spacial score (nSPS) is 10.5. The summed E-state index contributed by atoms with van der Waals surface area (Å²) >= 11 is 0. The number of fused-ring (bicyclic) bond motifs is 1. The van der Waals surface area contributed by atoms with Crippen molar-refractivity contribution < 1.29 is 14.6 Å². The molecule has 2 aromatic carbocycles. The lowest BCUT2D eigenvalue weighted by molar-refractivity contribution is 0.0691. The molecule has 0 spiro atoms. The van der Waals surface area contributed by atoms with Crippen molar-refractivity contribution in [3.05, 3.63) is 76.1 Å². The van der Waals surface area contributed by atoms with Crippen molar-refractivity contribution in [1.82, 2.24) is 4.98 Å². The second-order valence-corrected chi connectivity index (χ2v) is 4.81. The molecule has 0 bridgehead atoms. The number of carboxylic acid groups (broad SMARTS) is 1. The van der Waals surface area contributed by atoms with E-state index in [0.29, 0.717) is 23.3 Å². The Kier molecular flexibility index (Phi) is 3.62. The lowest BCUT2D eigenvalue weighted by Gasteiger charge is -2.09. The molecule has 0 aliphatic heterocycles. The average molecular weight is 295 g/mol. The van der Waals surface area contributed by atoms with Crippen molar-refractivity contribution in [2.45, 2.75) is 6.61 Å². The number of carbonyl (C=O) groups is 1. The number of pyridine rings is 1. The maximum Gasteiger partial charge on any atom is 0.352 e. The number of H-pyrrole nitrogens is 1. The molecule has 0 fully saturated rings. The van der Waals surface area contributed by atoms with E-state index >= 15 is 0 Å². The Labute approximate surface area is 125 Å². The number of rotatable bonds is 4. The third-order valence-electron chi connectivity index (χ3n) is 3.28. The summed E-state index contributed by atoms with van der Waals surface area (Å²) in [6, 6.07) is 15.7. The fourth-order valence-electron chi connectivity index (χ4n) is 2.24. The number of aromatic carboxylic acids is 1. The Hall–Kier alpha value is -3.08. The zero-order chi connectivity index (χ0) is 15.5. The summed E-state index contributed by atoms with van der Waals surface area (Å²) < 4.78 is 5.72. The second kappa shape index (κ2) is 5.73. The fourth-order valence-corrected chi connectivity index (χ4v) is 2.24. The standard InChI is InChI=1S/C17H13NO4/c19-14-9-13(17(20)21)18-12-7-4-8-15(16(12)14)22-10-11-5-2-1-3-6-11/h1-9H,10H2,(H,18,19)(H,20,21). The van der Waals surface area contributed by atoms with Crippen LogP contribution < -0.4 is 10.2 Å². The van der Waals surface area contributed by atoms with Crippen LogP contribution in [-0.4, -0.2) is 16.1 Å². The van der Waals surface area contributed by atoms with Crippen LogP contribution in [0.1, 0.15) is 16.1 Å². The molecule has 22 heavy (non-hydrogen) atoms. The predicted octanol–water partition coefficient (Wildman–Crippen LogP) is 2.81. The lowest BCUT2D eigenvalue weighted by atomic mass is 10.1. The maximum atomic E-state index is 12.2. The molecule has 3 aromatic rings. The highest BCUT2D eigenvalue weighted by atomic mass is 16.5. The van der Waals surface area contributed by atoms with Gasteiger partial charge in [-0.3, -0.25) is 4.79 Å². The van der Waals surface area contributed by atoms with Gasteiger partial charge in [0.2, 0.25) is 0 Å². The molecule has 0 atom stereocenters. The van der Waals surface area contributed by atoms with Crippen LogP contribution in [0.2, 0.25) is 0 Å². The van der Waals surface area contributed by atoms with Gasteiger partial charge in [0.15, 0.2) is 5.43 Å². The summed E-state index contributed by atoms with van der Waals surface area (Å²) in [5.41, 5.74) is 0.904. The summed E-state index contributed by atoms with van der Waals surface area (Å²) in [7, 11) is 0. The second-order valence-electron chi connectivity index (χ2n) is 4.81. The quantitative estimate of drug-likeness (QED) is 0.775. The smallest absolute Gasteiger partial charge is 0.352 e. The molecule has 0 saturated carbocycles. The minimum Gasteiger partial charge on any atom is -0.488 e. The molecule has 0 unspecified atom stereocenters. The van der Waals surface area contributed by atoms with Crippen LogP contribution >= 0.6 is 0 Å². The van der Waals surface area contributed by atoms with Crippen molar-refractivity contribution in [2.75, 3.05) is 0 Å². The van der Waals surface area contributed by atoms with Gasteiger partial charge in [0, 0.05) is 6.07 Å². The molecule has 0 aliphatic rings. The SMILES string of the molecule is O=C(O)c1cc(=O)c2c(OCc3ccccc3)cccc2[nH]1. The van der Waals surface area contributed by atoms with Crippen LogP contribution in [0.3, 0.4) is 0 Å². The highest BCUT2D eigenvalue weighted by Crippen LogP contribution is 2.22. The first kappa shape index (κ1) is 13.9. The minimum atomic E-state index is -1.17. The van der Waals surface area contributed by atoms with Gasteiger partial charge in [-0.1, -0.05) is 36.4 Å².